The average molecular weight is 463 g/mol. The van der Waals surface area contributed by atoms with Gasteiger partial charge in [-0.25, -0.2) is 0 Å². The Bertz CT molecular complexity index is 1370. The molecule has 34 heavy (non-hydrogen) atoms. The van der Waals surface area contributed by atoms with Gasteiger partial charge >= 0.3 is 0 Å². The van der Waals surface area contributed by atoms with Crippen LogP contribution < -0.4 is 9.80 Å². The summed E-state index contributed by atoms with van der Waals surface area (Å²) in [5.74, 6) is 0.596. The predicted molar refractivity (Wildman–Crippen MR) is 137 cm³/mol. The Kier molecular flexibility index (Phi) is 5.19. The van der Waals surface area contributed by atoms with Gasteiger partial charge in [0.15, 0.2) is 0 Å². The Morgan fingerprint density at radius 1 is 0.618 bits per heavy atom. The second-order valence-electron chi connectivity index (χ2n) is 8.43. The molecule has 166 valence electrons. The van der Waals surface area contributed by atoms with E-state index in [-0.39, 0.29) is 23.9 Å². The number of hydrogen-bond acceptors (Lipinski definition) is 3. The number of amides is 2. The standard InChI is InChI=1S/C29H22N2O2S/c32-28(20-11-3-1-4-12-20)30-23-16-8-9-17-24(23)31(29(33)21-13-5-2-6-14-21)27-22-15-7-10-18-26(22)34-19-25(27)30/h1-18,25,27H,19H2/t25-,27-/m0/s1. The minimum Gasteiger partial charge on any atom is -0.300 e. The van der Waals surface area contributed by atoms with Gasteiger partial charge in [0.05, 0.1) is 23.5 Å². The highest BCUT2D eigenvalue weighted by Crippen LogP contribution is 2.51. The molecule has 4 aromatic rings. The minimum absolute atomic E-state index is 0.0464. The van der Waals surface area contributed by atoms with Crippen LogP contribution in [0.15, 0.2) is 114 Å². The van der Waals surface area contributed by atoms with Gasteiger partial charge in [0.1, 0.15) is 0 Å². The van der Waals surface area contributed by atoms with E-state index in [1.807, 2.05) is 107 Å². The third-order valence-electron chi connectivity index (χ3n) is 6.50. The van der Waals surface area contributed by atoms with Crippen LogP contribution in [0.1, 0.15) is 32.3 Å². The van der Waals surface area contributed by atoms with Gasteiger partial charge in [0.25, 0.3) is 11.8 Å². The number of hydrogen-bond donors (Lipinski definition) is 0. The van der Waals surface area contributed by atoms with E-state index in [4.69, 9.17) is 0 Å². The molecule has 0 spiro atoms. The smallest absolute Gasteiger partial charge is 0.258 e. The van der Waals surface area contributed by atoms with Crippen molar-refractivity contribution < 1.29 is 9.59 Å². The van der Waals surface area contributed by atoms with Gasteiger partial charge in [-0.05, 0) is 48.0 Å². The SMILES string of the molecule is O=C(c1ccccc1)N1c2ccccc2N(C(=O)c2ccccc2)[C@H]2c3ccccc3SC[C@@H]21. The molecular weight excluding hydrogens is 440 g/mol. The minimum atomic E-state index is -0.285. The molecule has 2 heterocycles. The third-order valence-corrected chi connectivity index (χ3v) is 7.69. The number of nitrogens with zero attached hydrogens (tertiary/aromatic N) is 2. The van der Waals surface area contributed by atoms with Crippen molar-refractivity contribution in [1.82, 2.24) is 0 Å². The lowest BCUT2D eigenvalue weighted by molar-refractivity contribution is 0.0936. The maximum atomic E-state index is 14.0. The molecule has 0 saturated heterocycles. The first kappa shape index (κ1) is 20.8. The first-order valence-electron chi connectivity index (χ1n) is 11.3. The van der Waals surface area contributed by atoms with Crippen LogP contribution in [0.2, 0.25) is 0 Å². The van der Waals surface area contributed by atoms with Crippen molar-refractivity contribution in [3.63, 3.8) is 0 Å². The molecule has 5 heteroatoms. The van der Waals surface area contributed by atoms with Gasteiger partial charge in [-0.3, -0.25) is 19.4 Å². The van der Waals surface area contributed by atoms with Crippen molar-refractivity contribution in [2.75, 3.05) is 15.6 Å². The fourth-order valence-corrected chi connectivity index (χ4v) is 6.20. The lowest BCUT2D eigenvalue weighted by atomic mass is 9.90. The number of carbonyl (C=O) groups excluding carboxylic acids is 2. The van der Waals surface area contributed by atoms with Gasteiger partial charge in [-0.2, -0.15) is 0 Å². The average Bonchev–Trinajstić information content (AvgIpc) is 2.91. The first-order valence-corrected chi connectivity index (χ1v) is 12.3. The number of carbonyl (C=O) groups is 2. The van der Waals surface area contributed by atoms with E-state index in [0.717, 1.165) is 21.8 Å². The summed E-state index contributed by atoms with van der Waals surface area (Å²) in [7, 11) is 0. The molecule has 2 atom stereocenters. The summed E-state index contributed by atoms with van der Waals surface area (Å²) < 4.78 is 0. The quantitative estimate of drug-likeness (QED) is 0.356. The van der Waals surface area contributed by atoms with Crippen molar-refractivity contribution in [2.24, 2.45) is 0 Å². The largest absolute Gasteiger partial charge is 0.300 e. The van der Waals surface area contributed by atoms with Crippen LogP contribution in [0.5, 0.6) is 0 Å². The summed E-state index contributed by atoms with van der Waals surface area (Å²) in [5, 5.41) is 0. The van der Waals surface area contributed by atoms with Crippen molar-refractivity contribution >= 4 is 35.0 Å². The highest BCUT2D eigenvalue weighted by molar-refractivity contribution is 7.99. The highest BCUT2D eigenvalue weighted by Gasteiger charge is 2.47. The van der Waals surface area contributed by atoms with Gasteiger partial charge < -0.3 is 0 Å². The van der Waals surface area contributed by atoms with Crippen molar-refractivity contribution in [3.8, 4) is 0 Å². The Balaban J connectivity index is 1.57. The van der Waals surface area contributed by atoms with Crippen LogP contribution in [0.3, 0.4) is 0 Å². The molecule has 2 aliphatic rings. The molecule has 4 aromatic carbocycles. The van der Waals surface area contributed by atoms with Crippen molar-refractivity contribution in [1.29, 1.82) is 0 Å². The number of rotatable bonds is 2. The zero-order valence-corrected chi connectivity index (χ0v) is 19.2. The molecule has 0 aromatic heterocycles. The van der Waals surface area contributed by atoms with E-state index in [1.165, 1.54) is 0 Å². The van der Waals surface area contributed by atoms with Crippen molar-refractivity contribution in [2.45, 2.75) is 17.0 Å². The van der Waals surface area contributed by atoms with E-state index in [2.05, 4.69) is 12.1 Å². The van der Waals surface area contributed by atoms with Crippen LogP contribution in [-0.2, 0) is 0 Å². The highest BCUT2D eigenvalue weighted by atomic mass is 32.2. The van der Waals surface area contributed by atoms with Gasteiger partial charge in [-0.15, -0.1) is 11.8 Å². The maximum Gasteiger partial charge on any atom is 0.258 e. The molecule has 0 unspecified atom stereocenters. The summed E-state index contributed by atoms with van der Waals surface area (Å²) in [6, 6.07) is 34.3. The van der Waals surface area contributed by atoms with Crippen LogP contribution in [0.25, 0.3) is 0 Å². The normalized spacial score (nSPS) is 18.5. The van der Waals surface area contributed by atoms with Crippen LogP contribution >= 0.6 is 11.8 Å². The fraction of sp³-hybridized carbons (Fsp3) is 0.103. The van der Waals surface area contributed by atoms with Gasteiger partial charge in [0, 0.05) is 21.8 Å². The van der Waals surface area contributed by atoms with E-state index >= 15 is 0 Å². The van der Waals surface area contributed by atoms with Crippen LogP contribution in [-0.4, -0.2) is 23.6 Å². The molecule has 0 saturated carbocycles. The first-order chi connectivity index (χ1) is 16.7. The number of para-hydroxylation sites is 2. The Hall–Kier alpha value is -3.83. The number of thioether (sulfide) groups is 1. The zero-order valence-electron chi connectivity index (χ0n) is 18.4. The van der Waals surface area contributed by atoms with E-state index in [9.17, 15) is 9.59 Å². The number of fused-ring (bicyclic) bond motifs is 4. The molecule has 0 radical (unpaired) electrons. The Labute approximate surface area is 202 Å². The molecule has 6 rings (SSSR count). The molecule has 2 aliphatic heterocycles. The summed E-state index contributed by atoms with van der Waals surface area (Å²) >= 11 is 1.74. The molecular formula is C29H22N2O2S. The fourth-order valence-electron chi connectivity index (χ4n) is 4.99. The summed E-state index contributed by atoms with van der Waals surface area (Å²) in [6.45, 7) is 0. The predicted octanol–water partition coefficient (Wildman–Crippen LogP) is 6.21. The molecule has 0 N–H and O–H groups in total. The van der Waals surface area contributed by atoms with E-state index in [0.29, 0.717) is 16.9 Å². The second kappa shape index (κ2) is 8.50. The lowest BCUT2D eigenvalue weighted by Gasteiger charge is -2.50. The van der Waals surface area contributed by atoms with Crippen molar-refractivity contribution in [3.05, 3.63) is 126 Å². The Morgan fingerprint density at radius 3 is 1.76 bits per heavy atom. The monoisotopic (exact) mass is 462 g/mol. The second-order valence-corrected chi connectivity index (χ2v) is 9.49. The van der Waals surface area contributed by atoms with Gasteiger partial charge in [-0.1, -0.05) is 66.7 Å². The summed E-state index contributed by atoms with van der Waals surface area (Å²) in [4.78, 5) is 32.8. The number of benzene rings is 4. The third kappa shape index (κ3) is 3.32. The van der Waals surface area contributed by atoms with E-state index < -0.39 is 0 Å². The topological polar surface area (TPSA) is 40.6 Å². The summed E-state index contributed by atoms with van der Waals surface area (Å²) in [6.07, 6.45) is 0. The lowest BCUT2D eigenvalue weighted by Crippen LogP contribution is -2.57. The maximum absolute atomic E-state index is 14.0. The summed E-state index contributed by atoms with van der Waals surface area (Å²) in [5.41, 5.74) is 3.87. The van der Waals surface area contributed by atoms with Crippen LogP contribution in [0, 0.1) is 0 Å². The molecule has 4 nitrogen and oxygen atoms in total. The molecule has 2 amide bonds. The number of anilines is 2. The molecule has 0 bridgehead atoms. The van der Waals surface area contributed by atoms with Crippen LogP contribution in [0.4, 0.5) is 11.4 Å². The molecule has 0 fully saturated rings. The molecule has 0 aliphatic carbocycles. The Morgan fingerprint density at radius 2 is 1.12 bits per heavy atom. The van der Waals surface area contributed by atoms with E-state index in [1.54, 1.807) is 11.8 Å². The van der Waals surface area contributed by atoms with Gasteiger partial charge in [0.2, 0.25) is 0 Å². The zero-order chi connectivity index (χ0) is 23.1.